The molecule has 0 atom stereocenters. The van der Waals surface area contributed by atoms with Crippen LogP contribution in [0, 0.1) is 0 Å². The minimum absolute atomic E-state index is 0.314. The molecule has 0 saturated carbocycles. The molecule has 0 spiro atoms. The van der Waals surface area contributed by atoms with E-state index in [2.05, 4.69) is 50.2 Å². The quantitative estimate of drug-likeness (QED) is 0.261. The first-order valence-electron chi connectivity index (χ1n) is 11.2. The zero-order valence-electron chi connectivity index (χ0n) is 18.3. The van der Waals surface area contributed by atoms with Gasteiger partial charge < -0.3 is 0 Å². The van der Waals surface area contributed by atoms with Gasteiger partial charge in [0, 0.05) is 5.41 Å². The van der Waals surface area contributed by atoms with Crippen molar-refractivity contribution in [1.82, 2.24) is 0 Å². The van der Waals surface area contributed by atoms with Crippen molar-refractivity contribution in [2.24, 2.45) is 0 Å². The van der Waals surface area contributed by atoms with Gasteiger partial charge in [0.2, 0.25) is 0 Å². The zero-order chi connectivity index (χ0) is 22.4. The van der Waals surface area contributed by atoms with Crippen LogP contribution in [0.4, 0.5) is 17.6 Å². The van der Waals surface area contributed by atoms with E-state index < -0.39 is 12.2 Å². The van der Waals surface area contributed by atoms with E-state index in [-0.39, 0.29) is 5.41 Å². The van der Waals surface area contributed by atoms with E-state index in [4.69, 9.17) is 0 Å². The monoisotopic (exact) mass is 430 g/mol. The molecule has 0 aliphatic heterocycles. The van der Waals surface area contributed by atoms with Crippen LogP contribution in [0.2, 0.25) is 0 Å². The van der Waals surface area contributed by atoms with Crippen LogP contribution in [0.1, 0.15) is 74.6 Å². The third-order valence-electron chi connectivity index (χ3n) is 6.52. The molecule has 0 nitrogen and oxygen atoms in total. The average Bonchev–Trinajstić information content (AvgIpc) is 3.02. The van der Waals surface area contributed by atoms with E-state index in [1.807, 2.05) is 0 Å². The Balaban J connectivity index is 2.08. The number of rotatable bonds is 10. The van der Waals surface area contributed by atoms with E-state index in [1.165, 1.54) is 33.4 Å². The highest BCUT2D eigenvalue weighted by atomic mass is 19.3. The summed E-state index contributed by atoms with van der Waals surface area (Å²) in [6, 6.07) is 13.1. The molecular weight excluding hydrogens is 400 g/mol. The van der Waals surface area contributed by atoms with Gasteiger partial charge in [-0.2, -0.15) is 17.6 Å². The van der Waals surface area contributed by atoms with Gasteiger partial charge in [-0.25, -0.2) is 0 Å². The fourth-order valence-electron chi connectivity index (χ4n) is 4.92. The highest BCUT2D eigenvalue weighted by Gasteiger charge is 2.42. The number of aryl methyl sites for hydroxylation is 2. The van der Waals surface area contributed by atoms with E-state index in [1.54, 1.807) is 0 Å². The third-order valence-corrected chi connectivity index (χ3v) is 6.52. The lowest BCUT2D eigenvalue weighted by Crippen LogP contribution is -2.26. The molecule has 0 fully saturated rings. The summed E-state index contributed by atoms with van der Waals surface area (Å²) in [6.07, 6.45) is 3.80. The molecule has 0 amide bonds. The van der Waals surface area contributed by atoms with E-state index >= 15 is 0 Å². The highest BCUT2D eigenvalue weighted by molar-refractivity contribution is 5.81. The first-order valence-corrected chi connectivity index (χ1v) is 11.2. The van der Waals surface area contributed by atoms with Crippen LogP contribution in [0.3, 0.4) is 0 Å². The Bertz CT molecular complexity index is 884. The minimum Gasteiger partial charge on any atom is -0.174 e. The lowest BCUT2D eigenvalue weighted by molar-refractivity contribution is 0.399. The number of hydrogen-bond acceptors (Lipinski definition) is 0. The Morgan fingerprint density at radius 3 is 1.48 bits per heavy atom. The summed E-state index contributed by atoms with van der Waals surface area (Å²) in [6.45, 7) is 4.23. The summed E-state index contributed by atoms with van der Waals surface area (Å²) < 4.78 is 50.5. The van der Waals surface area contributed by atoms with Crippen molar-refractivity contribution in [2.45, 2.75) is 70.6 Å². The van der Waals surface area contributed by atoms with Gasteiger partial charge in [-0.05, 0) is 96.9 Å². The van der Waals surface area contributed by atoms with Crippen molar-refractivity contribution < 1.29 is 17.6 Å². The van der Waals surface area contributed by atoms with Crippen molar-refractivity contribution in [1.29, 1.82) is 0 Å². The Morgan fingerprint density at radius 2 is 1.13 bits per heavy atom. The second-order valence-corrected chi connectivity index (χ2v) is 8.32. The summed E-state index contributed by atoms with van der Waals surface area (Å²) in [4.78, 5) is 0. The van der Waals surface area contributed by atoms with Gasteiger partial charge >= 0.3 is 0 Å². The number of unbranched alkanes of at least 4 members (excludes halogenated alkanes) is 2. The Hall–Kier alpha value is -2.36. The molecule has 3 rings (SSSR count). The lowest BCUT2D eigenvalue weighted by atomic mass is 9.70. The largest absolute Gasteiger partial charge is 0.266 e. The molecule has 0 N–H and O–H groups in total. The molecule has 166 valence electrons. The third kappa shape index (κ3) is 5.11. The maximum Gasteiger partial charge on any atom is 0.266 e. The summed E-state index contributed by atoms with van der Waals surface area (Å²) in [7, 11) is 0. The molecule has 0 saturated heterocycles. The van der Waals surface area contributed by atoms with Crippen LogP contribution in [0.25, 0.3) is 11.1 Å². The van der Waals surface area contributed by atoms with E-state index in [9.17, 15) is 17.6 Å². The minimum atomic E-state index is -1.65. The maximum absolute atomic E-state index is 12.6. The summed E-state index contributed by atoms with van der Waals surface area (Å²) in [5, 5.41) is 0. The summed E-state index contributed by atoms with van der Waals surface area (Å²) in [5.41, 5.74) is 6.96. The topological polar surface area (TPSA) is 0 Å². The van der Waals surface area contributed by atoms with Crippen LogP contribution in [-0.4, -0.2) is 0 Å². The first-order chi connectivity index (χ1) is 14.9. The lowest BCUT2D eigenvalue weighted by Gasteiger charge is -2.33. The average molecular weight is 431 g/mol. The Kier molecular flexibility index (Phi) is 7.74. The molecule has 31 heavy (non-hydrogen) atoms. The van der Waals surface area contributed by atoms with Gasteiger partial charge in [-0.15, -0.1) is 0 Å². The van der Waals surface area contributed by atoms with Gasteiger partial charge in [-0.3, -0.25) is 0 Å². The molecule has 0 heterocycles. The van der Waals surface area contributed by atoms with Crippen molar-refractivity contribution in [3.05, 3.63) is 83.0 Å². The molecule has 0 bridgehead atoms. The van der Waals surface area contributed by atoms with Crippen molar-refractivity contribution >= 4 is 0 Å². The number of hydrogen-bond donors (Lipinski definition) is 0. The summed E-state index contributed by atoms with van der Waals surface area (Å²) in [5.74, 6) is 0. The van der Waals surface area contributed by atoms with Gasteiger partial charge in [0.25, 0.3) is 12.2 Å². The fraction of sp³-hybridized carbons (Fsp3) is 0.407. The normalized spacial score (nSPS) is 13.5. The molecule has 1 aliphatic rings. The standard InChI is InChI=1S/C27H30F4/c1-3-19-11-13-21-22-14-12-20(4-2)18-24(22)27(23(21)17-19,15-7-5-9-25(28)29)16-8-6-10-26(30)31/h9-14,17-18H,3-8,15-16H2,1-2H3. The van der Waals surface area contributed by atoms with Crippen molar-refractivity contribution in [3.8, 4) is 11.1 Å². The predicted octanol–water partition coefficient (Wildman–Crippen LogP) is 8.98. The van der Waals surface area contributed by atoms with Gasteiger partial charge in [0.05, 0.1) is 0 Å². The van der Waals surface area contributed by atoms with Crippen LogP contribution < -0.4 is 0 Å². The predicted molar refractivity (Wildman–Crippen MR) is 120 cm³/mol. The van der Waals surface area contributed by atoms with Gasteiger partial charge in [0.15, 0.2) is 0 Å². The molecule has 0 unspecified atom stereocenters. The van der Waals surface area contributed by atoms with Crippen LogP contribution in [-0.2, 0) is 18.3 Å². The van der Waals surface area contributed by atoms with Crippen LogP contribution >= 0.6 is 0 Å². The van der Waals surface area contributed by atoms with Crippen molar-refractivity contribution in [2.75, 3.05) is 0 Å². The van der Waals surface area contributed by atoms with E-state index in [0.29, 0.717) is 25.7 Å². The van der Waals surface area contributed by atoms with Gasteiger partial charge in [-0.1, -0.05) is 50.2 Å². The van der Waals surface area contributed by atoms with Crippen LogP contribution in [0.5, 0.6) is 0 Å². The molecule has 2 aromatic rings. The van der Waals surface area contributed by atoms with Crippen LogP contribution in [0.15, 0.2) is 60.7 Å². The number of halogens is 4. The molecule has 2 aromatic carbocycles. The summed E-state index contributed by atoms with van der Waals surface area (Å²) >= 11 is 0. The molecule has 0 radical (unpaired) electrons. The fourth-order valence-corrected chi connectivity index (χ4v) is 4.92. The molecule has 1 aliphatic carbocycles. The SMILES string of the molecule is CCc1ccc2c(c1)C(CCCC=C(F)F)(CCCC=C(F)F)c1cc(CC)ccc1-2. The van der Waals surface area contributed by atoms with Crippen molar-refractivity contribution in [3.63, 3.8) is 0 Å². The molecular formula is C27H30F4. The maximum atomic E-state index is 12.6. The molecule has 4 heteroatoms. The first kappa shape index (κ1) is 23.3. The van der Waals surface area contributed by atoms with Gasteiger partial charge in [0.1, 0.15) is 0 Å². The Morgan fingerprint density at radius 1 is 0.710 bits per heavy atom. The number of allylic oxidation sites excluding steroid dienone is 2. The smallest absolute Gasteiger partial charge is 0.174 e. The highest BCUT2D eigenvalue weighted by Crippen LogP contribution is 2.54. The number of benzene rings is 2. The van der Waals surface area contributed by atoms with E-state index in [0.717, 1.165) is 37.8 Å². The zero-order valence-corrected chi connectivity index (χ0v) is 18.3. The number of fused-ring (bicyclic) bond motifs is 3. The Labute approximate surface area is 182 Å². The second kappa shape index (κ2) is 10.3. The molecule has 0 aromatic heterocycles. The second-order valence-electron chi connectivity index (χ2n) is 8.32.